The number of anilines is 1. The van der Waals surface area contributed by atoms with Crippen LogP contribution in [0.15, 0.2) is 12.1 Å². The number of pyridine rings is 1. The van der Waals surface area contributed by atoms with E-state index in [2.05, 4.69) is 0 Å². The van der Waals surface area contributed by atoms with Gasteiger partial charge in [-0.15, -0.1) is 0 Å². The second kappa shape index (κ2) is 2.65. The van der Waals surface area contributed by atoms with Crippen molar-refractivity contribution in [2.24, 2.45) is 0 Å². The van der Waals surface area contributed by atoms with Crippen molar-refractivity contribution < 1.29 is 9.65 Å². The average molecular weight is 169 g/mol. The second-order valence-electron chi connectivity index (χ2n) is 2.33. The summed E-state index contributed by atoms with van der Waals surface area (Å²) >= 11 is 0. The van der Waals surface area contributed by atoms with Gasteiger partial charge in [0.1, 0.15) is 11.8 Å². The van der Waals surface area contributed by atoms with Gasteiger partial charge in [-0.1, -0.05) is 0 Å². The number of nitro groups is 1. The number of aryl methyl sites for hydroxylation is 1. The third-order valence-electron chi connectivity index (χ3n) is 1.42. The van der Waals surface area contributed by atoms with Crippen molar-refractivity contribution in [2.45, 2.75) is 6.92 Å². The van der Waals surface area contributed by atoms with Gasteiger partial charge in [-0.25, -0.2) is 4.73 Å². The Morgan fingerprint density at radius 3 is 2.58 bits per heavy atom. The van der Waals surface area contributed by atoms with Crippen molar-refractivity contribution in [1.29, 1.82) is 0 Å². The number of nitrogens with two attached hydrogens (primary N) is 1. The first-order valence-corrected chi connectivity index (χ1v) is 3.16. The Hall–Kier alpha value is -1.85. The zero-order chi connectivity index (χ0) is 9.30. The standard InChI is InChI=1S/C6H7N3O3/c1-4-2-5(9(11)12)3-6(7)8(4)10/h2-3H,7H2,1H3. The summed E-state index contributed by atoms with van der Waals surface area (Å²) in [7, 11) is 0. The molecule has 0 spiro atoms. The van der Waals surface area contributed by atoms with Crippen LogP contribution in [0.2, 0.25) is 0 Å². The summed E-state index contributed by atoms with van der Waals surface area (Å²) in [4.78, 5) is 9.66. The van der Waals surface area contributed by atoms with E-state index < -0.39 is 4.92 Å². The van der Waals surface area contributed by atoms with E-state index in [1.54, 1.807) is 0 Å². The number of aromatic nitrogens is 1. The van der Waals surface area contributed by atoms with Gasteiger partial charge in [-0.2, -0.15) is 0 Å². The van der Waals surface area contributed by atoms with Crippen molar-refractivity contribution in [2.75, 3.05) is 5.73 Å². The molecule has 6 nitrogen and oxygen atoms in total. The van der Waals surface area contributed by atoms with Crippen LogP contribution in [0.4, 0.5) is 11.5 Å². The molecule has 0 aliphatic rings. The quantitative estimate of drug-likeness (QED) is 0.279. The highest BCUT2D eigenvalue weighted by Gasteiger charge is 2.12. The molecule has 1 heterocycles. The topological polar surface area (TPSA) is 96.1 Å². The molecule has 0 aromatic carbocycles. The monoisotopic (exact) mass is 169 g/mol. The Morgan fingerprint density at radius 2 is 2.17 bits per heavy atom. The largest absolute Gasteiger partial charge is 0.710 e. The van der Waals surface area contributed by atoms with E-state index in [-0.39, 0.29) is 17.2 Å². The van der Waals surface area contributed by atoms with Gasteiger partial charge < -0.3 is 5.21 Å². The van der Waals surface area contributed by atoms with Gasteiger partial charge in [0.15, 0.2) is 0 Å². The first-order valence-electron chi connectivity index (χ1n) is 3.16. The summed E-state index contributed by atoms with van der Waals surface area (Å²) in [6.07, 6.45) is 0. The molecule has 0 saturated carbocycles. The highest BCUT2D eigenvalue weighted by molar-refractivity contribution is 5.38. The molecule has 0 unspecified atom stereocenters. The van der Waals surface area contributed by atoms with Crippen LogP contribution < -0.4 is 10.5 Å². The second-order valence-corrected chi connectivity index (χ2v) is 2.33. The van der Waals surface area contributed by atoms with Crippen LogP contribution in [0.1, 0.15) is 5.69 Å². The van der Waals surface area contributed by atoms with Gasteiger partial charge in [0.05, 0.1) is 11.0 Å². The van der Waals surface area contributed by atoms with Gasteiger partial charge in [-0.3, -0.25) is 15.8 Å². The number of nitrogen functional groups attached to an aromatic ring is 1. The minimum Gasteiger partial charge on any atom is -0.710 e. The van der Waals surface area contributed by atoms with Gasteiger partial charge in [-0.05, 0) is 6.92 Å². The SMILES string of the molecule is Cc1cc([N+](=O)[O-])cc(N)[n+]1[O-]. The maximum atomic E-state index is 10.9. The van der Waals surface area contributed by atoms with Crippen molar-refractivity contribution in [3.8, 4) is 0 Å². The van der Waals surface area contributed by atoms with Crippen LogP contribution in [-0.4, -0.2) is 4.92 Å². The fourth-order valence-electron chi connectivity index (χ4n) is 0.833. The van der Waals surface area contributed by atoms with Gasteiger partial charge in [0.25, 0.3) is 11.5 Å². The Kier molecular flexibility index (Phi) is 1.82. The Morgan fingerprint density at radius 1 is 1.58 bits per heavy atom. The first kappa shape index (κ1) is 8.25. The number of nitrogens with zero attached hydrogens (tertiary/aromatic N) is 2. The summed E-state index contributed by atoms with van der Waals surface area (Å²) in [6, 6.07) is 2.20. The lowest BCUT2D eigenvalue weighted by molar-refractivity contribution is -0.597. The van der Waals surface area contributed by atoms with E-state index in [1.807, 2.05) is 0 Å². The molecule has 0 saturated heterocycles. The molecule has 0 radical (unpaired) electrons. The average Bonchev–Trinajstić information content (AvgIpc) is 1.99. The molecule has 0 amide bonds. The lowest BCUT2D eigenvalue weighted by Gasteiger charge is -2.06. The van der Waals surface area contributed by atoms with Crippen LogP contribution in [0, 0.1) is 22.2 Å². The van der Waals surface area contributed by atoms with E-state index in [0.717, 1.165) is 6.07 Å². The van der Waals surface area contributed by atoms with Crippen LogP contribution >= 0.6 is 0 Å². The van der Waals surface area contributed by atoms with Crippen molar-refractivity contribution in [1.82, 2.24) is 0 Å². The van der Waals surface area contributed by atoms with E-state index in [1.165, 1.54) is 13.0 Å². The predicted molar refractivity (Wildman–Crippen MR) is 41.2 cm³/mol. The minimum atomic E-state index is -0.594. The number of hydrogen-bond acceptors (Lipinski definition) is 4. The Balaban J connectivity index is 3.31. The zero-order valence-electron chi connectivity index (χ0n) is 6.35. The smallest absolute Gasteiger partial charge is 0.282 e. The first-order chi connectivity index (χ1) is 5.52. The summed E-state index contributed by atoms with van der Waals surface area (Å²) in [6.45, 7) is 1.45. The predicted octanol–water partition coefficient (Wildman–Crippen LogP) is 0.119. The van der Waals surface area contributed by atoms with Crippen LogP contribution in [0.3, 0.4) is 0 Å². The van der Waals surface area contributed by atoms with E-state index >= 15 is 0 Å². The summed E-state index contributed by atoms with van der Waals surface area (Å²) in [5, 5.41) is 21.2. The lowest BCUT2D eigenvalue weighted by Crippen LogP contribution is -2.33. The molecule has 12 heavy (non-hydrogen) atoms. The van der Waals surface area contributed by atoms with E-state index in [4.69, 9.17) is 5.73 Å². The molecular formula is C6H7N3O3. The summed E-state index contributed by atoms with van der Waals surface area (Å²) in [5.74, 6) is -0.165. The van der Waals surface area contributed by atoms with Crippen LogP contribution in [0.25, 0.3) is 0 Å². The fraction of sp³-hybridized carbons (Fsp3) is 0.167. The van der Waals surface area contributed by atoms with E-state index in [9.17, 15) is 15.3 Å². The van der Waals surface area contributed by atoms with Crippen LogP contribution in [-0.2, 0) is 0 Å². The highest BCUT2D eigenvalue weighted by Crippen LogP contribution is 2.12. The third kappa shape index (κ3) is 1.26. The van der Waals surface area contributed by atoms with Gasteiger partial charge >= 0.3 is 0 Å². The highest BCUT2D eigenvalue weighted by atomic mass is 16.6. The summed E-state index contributed by atoms with van der Waals surface area (Å²) in [5.41, 5.74) is 5.25. The molecule has 2 N–H and O–H groups in total. The Bertz CT molecular complexity index is 314. The lowest BCUT2D eigenvalue weighted by atomic mass is 10.3. The van der Waals surface area contributed by atoms with Crippen molar-refractivity contribution >= 4 is 11.5 Å². The molecule has 0 atom stereocenters. The van der Waals surface area contributed by atoms with Crippen molar-refractivity contribution in [3.63, 3.8) is 0 Å². The molecule has 1 aromatic heterocycles. The van der Waals surface area contributed by atoms with Gasteiger partial charge in [0, 0.05) is 0 Å². The molecule has 0 fully saturated rings. The Labute approximate surface area is 68.0 Å². The normalized spacial score (nSPS) is 9.75. The van der Waals surface area contributed by atoms with Crippen molar-refractivity contribution in [3.05, 3.63) is 33.1 Å². The maximum absolute atomic E-state index is 10.9. The fourth-order valence-corrected chi connectivity index (χ4v) is 0.833. The minimum absolute atomic E-state index is 0.165. The molecule has 0 aliphatic carbocycles. The van der Waals surface area contributed by atoms with E-state index in [0.29, 0.717) is 4.73 Å². The third-order valence-corrected chi connectivity index (χ3v) is 1.42. The molecule has 0 aliphatic heterocycles. The van der Waals surface area contributed by atoms with Gasteiger partial charge in [0.2, 0.25) is 0 Å². The molecular weight excluding hydrogens is 162 g/mol. The zero-order valence-corrected chi connectivity index (χ0v) is 6.35. The molecule has 1 rings (SSSR count). The summed E-state index contributed by atoms with van der Waals surface area (Å²) < 4.78 is 0.438. The number of hydrogen-bond donors (Lipinski definition) is 1. The maximum Gasteiger partial charge on any atom is 0.282 e. The molecule has 0 bridgehead atoms. The van der Waals surface area contributed by atoms with Crippen LogP contribution in [0.5, 0.6) is 0 Å². The number of rotatable bonds is 1. The molecule has 1 aromatic rings. The molecule has 64 valence electrons. The molecule has 6 heteroatoms.